The van der Waals surface area contributed by atoms with E-state index in [9.17, 15) is 9.59 Å². The Kier molecular flexibility index (Phi) is 11.2. The summed E-state index contributed by atoms with van der Waals surface area (Å²) in [5, 5.41) is 2.80. The normalized spacial score (nSPS) is 14.5. The molecule has 0 radical (unpaired) electrons. The van der Waals surface area contributed by atoms with Gasteiger partial charge in [-0.2, -0.15) is 0 Å². The van der Waals surface area contributed by atoms with Gasteiger partial charge in [-0.1, -0.05) is 94.4 Å². The van der Waals surface area contributed by atoms with Crippen LogP contribution in [-0.4, -0.2) is 44.5 Å². The first-order valence-electron chi connectivity index (χ1n) is 15.2. The van der Waals surface area contributed by atoms with Crippen LogP contribution in [-0.2, 0) is 25.6 Å². The van der Waals surface area contributed by atoms with Gasteiger partial charge in [-0.3, -0.25) is 0 Å². The Hall–Kier alpha value is -4.10. The van der Waals surface area contributed by atoms with E-state index in [-0.39, 0.29) is 23.9 Å². The molecule has 7 heteroatoms. The van der Waals surface area contributed by atoms with Crippen LogP contribution in [0.2, 0.25) is 0 Å². The molecule has 1 N–H and O–H groups in total. The van der Waals surface area contributed by atoms with E-state index in [0.29, 0.717) is 26.1 Å². The van der Waals surface area contributed by atoms with Crippen LogP contribution >= 0.6 is 0 Å². The lowest BCUT2D eigenvalue weighted by Gasteiger charge is -2.29. The van der Waals surface area contributed by atoms with E-state index in [1.807, 2.05) is 76.2 Å². The predicted molar refractivity (Wildman–Crippen MR) is 173 cm³/mol. The van der Waals surface area contributed by atoms with Crippen LogP contribution in [0.4, 0.5) is 4.79 Å². The highest BCUT2D eigenvalue weighted by molar-refractivity contribution is 5.82. The third-order valence-electron chi connectivity index (χ3n) is 7.85. The molecule has 0 aliphatic heterocycles. The summed E-state index contributed by atoms with van der Waals surface area (Å²) in [6.07, 6.45) is 1.48. The Morgan fingerprint density at radius 1 is 0.955 bits per heavy atom. The summed E-state index contributed by atoms with van der Waals surface area (Å²) in [4.78, 5) is 26.6. The average molecular weight is 600 g/mol. The fourth-order valence-corrected chi connectivity index (χ4v) is 5.57. The molecule has 1 amide bonds. The monoisotopic (exact) mass is 599 g/mol. The highest BCUT2D eigenvalue weighted by atomic mass is 16.6. The van der Waals surface area contributed by atoms with Gasteiger partial charge >= 0.3 is 12.1 Å². The summed E-state index contributed by atoms with van der Waals surface area (Å²) in [6.45, 7) is 12.9. The lowest BCUT2D eigenvalue weighted by atomic mass is 9.88. The first kappa shape index (κ1) is 32.8. The summed E-state index contributed by atoms with van der Waals surface area (Å²) in [7, 11) is 1.63. The Morgan fingerprint density at radius 3 is 2.14 bits per heavy atom. The number of esters is 1. The van der Waals surface area contributed by atoms with Gasteiger partial charge in [0.15, 0.2) is 0 Å². The highest BCUT2D eigenvalue weighted by Crippen LogP contribution is 2.44. The summed E-state index contributed by atoms with van der Waals surface area (Å²) >= 11 is 0. The van der Waals surface area contributed by atoms with Crippen LogP contribution in [0.3, 0.4) is 0 Å². The summed E-state index contributed by atoms with van der Waals surface area (Å²) in [6, 6.07) is 23.2. The van der Waals surface area contributed by atoms with Crippen molar-refractivity contribution in [3.63, 3.8) is 0 Å². The molecule has 0 spiro atoms. The largest absolute Gasteiger partial charge is 0.497 e. The number of ether oxygens (including phenoxy) is 4. The van der Waals surface area contributed by atoms with Crippen molar-refractivity contribution in [3.8, 4) is 16.9 Å². The molecule has 1 aliphatic rings. The van der Waals surface area contributed by atoms with Crippen molar-refractivity contribution in [2.45, 2.75) is 65.2 Å². The second-order valence-electron chi connectivity index (χ2n) is 12.6. The number of hydrogen-bond donors (Lipinski definition) is 1. The minimum absolute atomic E-state index is 0.0723. The van der Waals surface area contributed by atoms with Crippen molar-refractivity contribution < 1.29 is 28.5 Å². The molecule has 4 rings (SSSR count). The van der Waals surface area contributed by atoms with Gasteiger partial charge in [-0.25, -0.2) is 9.59 Å². The van der Waals surface area contributed by atoms with Crippen LogP contribution in [0.1, 0.15) is 63.1 Å². The molecule has 44 heavy (non-hydrogen) atoms. The first-order chi connectivity index (χ1) is 21.1. The van der Waals surface area contributed by atoms with E-state index in [0.717, 1.165) is 33.6 Å². The van der Waals surface area contributed by atoms with Gasteiger partial charge in [-0.05, 0) is 51.8 Å². The maximum atomic E-state index is 13.5. The van der Waals surface area contributed by atoms with Crippen molar-refractivity contribution in [1.82, 2.24) is 5.32 Å². The molecule has 0 saturated carbocycles. The van der Waals surface area contributed by atoms with Crippen LogP contribution in [0.25, 0.3) is 11.1 Å². The number of fused-ring (bicyclic) bond motifs is 3. The van der Waals surface area contributed by atoms with Gasteiger partial charge in [0.1, 0.15) is 24.5 Å². The van der Waals surface area contributed by atoms with Crippen molar-refractivity contribution >= 4 is 12.1 Å². The zero-order chi connectivity index (χ0) is 31.7. The lowest BCUT2D eigenvalue weighted by Crippen LogP contribution is -2.46. The third kappa shape index (κ3) is 8.73. The maximum Gasteiger partial charge on any atom is 0.407 e. The van der Waals surface area contributed by atoms with E-state index in [2.05, 4.69) is 36.2 Å². The second kappa shape index (κ2) is 15.1. The first-order valence-corrected chi connectivity index (χ1v) is 15.2. The number of carbonyl (C=O) groups excluding carboxylic acids is 2. The van der Waals surface area contributed by atoms with Crippen LogP contribution < -0.4 is 10.1 Å². The van der Waals surface area contributed by atoms with Crippen LogP contribution in [0.5, 0.6) is 5.75 Å². The number of nitrogens with one attached hydrogen (secondary N) is 1. The van der Waals surface area contributed by atoms with Gasteiger partial charge in [0, 0.05) is 18.3 Å². The number of benzene rings is 3. The highest BCUT2D eigenvalue weighted by Gasteiger charge is 2.33. The molecule has 0 aromatic heterocycles. The molecule has 1 aliphatic carbocycles. The van der Waals surface area contributed by atoms with Crippen molar-refractivity contribution in [3.05, 3.63) is 102 Å². The quantitative estimate of drug-likeness (QED) is 0.151. The number of rotatable bonds is 14. The third-order valence-corrected chi connectivity index (χ3v) is 7.85. The van der Waals surface area contributed by atoms with Crippen molar-refractivity contribution in [2.24, 2.45) is 11.3 Å². The second-order valence-corrected chi connectivity index (χ2v) is 12.6. The minimum Gasteiger partial charge on any atom is -0.497 e. The molecule has 0 unspecified atom stereocenters. The predicted octanol–water partition coefficient (Wildman–Crippen LogP) is 7.68. The fourth-order valence-electron chi connectivity index (χ4n) is 5.57. The lowest BCUT2D eigenvalue weighted by molar-refractivity contribution is -0.156. The summed E-state index contributed by atoms with van der Waals surface area (Å²) < 4.78 is 22.9. The van der Waals surface area contributed by atoms with Crippen LogP contribution in [0, 0.1) is 11.3 Å². The molecular weight excluding hydrogens is 554 g/mol. The Labute approximate surface area is 261 Å². The van der Waals surface area contributed by atoms with Gasteiger partial charge in [0.25, 0.3) is 0 Å². The number of carbonyl (C=O) groups is 2. The van der Waals surface area contributed by atoms with Crippen LogP contribution in [0.15, 0.2) is 85.5 Å². The maximum absolute atomic E-state index is 13.5. The van der Waals surface area contributed by atoms with Crippen molar-refractivity contribution in [2.75, 3.05) is 20.3 Å². The zero-order valence-electron chi connectivity index (χ0n) is 26.5. The van der Waals surface area contributed by atoms with Gasteiger partial charge in [0.2, 0.25) is 0 Å². The number of amides is 1. The number of alkyl carbamates (subject to hydrolysis) is 1. The minimum atomic E-state index is -0.870. The Morgan fingerprint density at radius 2 is 1.57 bits per heavy atom. The standard InChI is InChI=1S/C37H45NO6/c1-7-12-34(25(2)22-42-23-26-17-19-27(41-6)20-18-26)44-35(39)33(21-37(3,4)5)38-36(40)43-24-32-30-15-10-8-13-28(30)29-14-9-11-16-31(29)32/h7-11,13-20,25,32-34H,1,12,21-24H2,2-6H3,(H,38,40)/t25-,33+,34+/m1/s1. The summed E-state index contributed by atoms with van der Waals surface area (Å²) in [5.41, 5.74) is 5.34. The fraction of sp³-hybridized carbons (Fsp3) is 0.405. The van der Waals surface area contributed by atoms with E-state index in [4.69, 9.17) is 18.9 Å². The molecule has 3 aromatic rings. The molecule has 0 heterocycles. The molecular formula is C37H45NO6. The Balaban J connectivity index is 1.36. The average Bonchev–Trinajstić information content (AvgIpc) is 3.32. The van der Waals surface area contributed by atoms with Gasteiger partial charge in [-0.15, -0.1) is 6.58 Å². The van der Waals surface area contributed by atoms with Gasteiger partial charge in [0.05, 0.1) is 20.3 Å². The molecule has 3 atom stereocenters. The smallest absolute Gasteiger partial charge is 0.407 e. The zero-order valence-corrected chi connectivity index (χ0v) is 26.5. The topological polar surface area (TPSA) is 83.1 Å². The number of methoxy groups -OCH3 is 1. The molecule has 0 saturated heterocycles. The van der Waals surface area contributed by atoms with E-state index in [1.165, 1.54) is 0 Å². The van der Waals surface area contributed by atoms with E-state index >= 15 is 0 Å². The number of hydrogen-bond acceptors (Lipinski definition) is 6. The molecule has 0 bridgehead atoms. The van der Waals surface area contributed by atoms with Crippen molar-refractivity contribution in [1.29, 1.82) is 0 Å². The van der Waals surface area contributed by atoms with E-state index in [1.54, 1.807) is 13.2 Å². The summed E-state index contributed by atoms with van der Waals surface area (Å²) in [5.74, 6) is 0.121. The molecule has 234 valence electrons. The molecule has 7 nitrogen and oxygen atoms in total. The Bertz CT molecular complexity index is 1360. The molecule has 3 aromatic carbocycles. The van der Waals surface area contributed by atoms with Gasteiger partial charge < -0.3 is 24.3 Å². The SMILES string of the molecule is C=CC[C@H](OC(=O)[C@H](CC(C)(C)C)NC(=O)OCC1c2ccccc2-c2ccccc21)[C@H](C)COCc1ccc(OC)cc1. The van der Waals surface area contributed by atoms with E-state index < -0.39 is 24.2 Å². The molecule has 0 fully saturated rings.